The molecule has 1 aromatic rings. The van der Waals surface area contributed by atoms with Gasteiger partial charge in [0.15, 0.2) is 0 Å². The summed E-state index contributed by atoms with van der Waals surface area (Å²) in [6.07, 6.45) is 0.484. The molecule has 1 unspecified atom stereocenters. The summed E-state index contributed by atoms with van der Waals surface area (Å²) >= 11 is 0.993. The van der Waals surface area contributed by atoms with Gasteiger partial charge in [0.1, 0.15) is 9.81 Å². The van der Waals surface area contributed by atoms with Crippen molar-refractivity contribution < 1.29 is 18.3 Å². The zero-order valence-electron chi connectivity index (χ0n) is 7.84. The summed E-state index contributed by atoms with van der Waals surface area (Å²) in [6, 6.07) is 2.99. The molecule has 0 spiro atoms. The fraction of sp³-hybridized carbons (Fsp3) is 0.500. The number of hydrogen-bond acceptors (Lipinski definition) is 5. The molecule has 1 atom stereocenters. The highest BCUT2D eigenvalue weighted by molar-refractivity contribution is 7.91. The van der Waals surface area contributed by atoms with Gasteiger partial charge in [-0.1, -0.05) is 0 Å². The SMILES string of the molecule is NS(=O)(=O)c1ccc(C2(O)CCOC2)s1. The topological polar surface area (TPSA) is 89.6 Å². The summed E-state index contributed by atoms with van der Waals surface area (Å²) in [6.45, 7) is 0.691. The van der Waals surface area contributed by atoms with E-state index in [1.165, 1.54) is 6.07 Å². The zero-order valence-corrected chi connectivity index (χ0v) is 9.47. The van der Waals surface area contributed by atoms with E-state index in [2.05, 4.69) is 0 Å². The second-order valence-electron chi connectivity index (χ2n) is 3.50. The Labute approximate surface area is 91.5 Å². The summed E-state index contributed by atoms with van der Waals surface area (Å²) in [5.74, 6) is 0. The van der Waals surface area contributed by atoms with Gasteiger partial charge in [0, 0.05) is 17.9 Å². The van der Waals surface area contributed by atoms with Crippen LogP contribution >= 0.6 is 11.3 Å². The molecule has 5 nitrogen and oxygen atoms in total. The Hall–Kier alpha value is -0.470. The van der Waals surface area contributed by atoms with Gasteiger partial charge in [-0.15, -0.1) is 11.3 Å². The predicted octanol–water partition coefficient (Wildman–Crippen LogP) is 0.00340. The van der Waals surface area contributed by atoms with Crippen LogP contribution in [0, 0.1) is 0 Å². The maximum absolute atomic E-state index is 11.0. The normalized spacial score (nSPS) is 27.1. The fourth-order valence-electron chi connectivity index (χ4n) is 1.47. The van der Waals surface area contributed by atoms with Crippen LogP contribution in [0.25, 0.3) is 0 Å². The van der Waals surface area contributed by atoms with Gasteiger partial charge in [0.25, 0.3) is 0 Å². The van der Waals surface area contributed by atoms with E-state index in [4.69, 9.17) is 9.88 Å². The molecule has 84 valence electrons. The highest BCUT2D eigenvalue weighted by atomic mass is 32.2. The average molecular weight is 249 g/mol. The average Bonchev–Trinajstić information content (AvgIpc) is 2.69. The number of nitrogens with two attached hydrogens (primary N) is 1. The summed E-state index contributed by atoms with van der Waals surface area (Å²) in [5, 5.41) is 15.1. The molecule has 1 aliphatic heterocycles. The van der Waals surface area contributed by atoms with E-state index in [9.17, 15) is 13.5 Å². The van der Waals surface area contributed by atoms with Crippen LogP contribution in [0.5, 0.6) is 0 Å². The van der Waals surface area contributed by atoms with E-state index in [1.54, 1.807) is 6.07 Å². The number of ether oxygens (including phenoxy) is 1. The van der Waals surface area contributed by atoms with E-state index >= 15 is 0 Å². The molecule has 7 heteroatoms. The Balaban J connectivity index is 2.35. The first-order valence-electron chi connectivity index (χ1n) is 4.35. The lowest BCUT2D eigenvalue weighted by Gasteiger charge is -2.17. The molecule has 2 rings (SSSR count). The van der Waals surface area contributed by atoms with Crippen molar-refractivity contribution in [1.29, 1.82) is 0 Å². The van der Waals surface area contributed by atoms with Crippen molar-refractivity contribution in [3.63, 3.8) is 0 Å². The standard InChI is InChI=1S/C8H11NO4S2/c9-15(11,12)7-2-1-6(14-7)8(10)3-4-13-5-8/h1-2,10H,3-5H2,(H2,9,11,12). The molecule has 1 aromatic heterocycles. The number of hydrogen-bond donors (Lipinski definition) is 2. The van der Waals surface area contributed by atoms with E-state index in [-0.39, 0.29) is 10.8 Å². The van der Waals surface area contributed by atoms with E-state index in [1.807, 2.05) is 0 Å². The van der Waals surface area contributed by atoms with Gasteiger partial charge >= 0.3 is 0 Å². The van der Waals surface area contributed by atoms with E-state index in [0.29, 0.717) is 17.9 Å². The fourth-order valence-corrected chi connectivity index (χ4v) is 3.30. The Morgan fingerprint density at radius 1 is 1.53 bits per heavy atom. The summed E-state index contributed by atoms with van der Waals surface area (Å²) in [4.78, 5) is 0.587. The lowest BCUT2D eigenvalue weighted by Crippen LogP contribution is -2.24. The van der Waals surface area contributed by atoms with E-state index < -0.39 is 15.6 Å². The van der Waals surface area contributed by atoms with Crippen LogP contribution in [-0.4, -0.2) is 26.7 Å². The van der Waals surface area contributed by atoms with Gasteiger partial charge in [-0.3, -0.25) is 0 Å². The molecule has 0 amide bonds. The van der Waals surface area contributed by atoms with Crippen LogP contribution in [0.2, 0.25) is 0 Å². The van der Waals surface area contributed by atoms with Gasteiger partial charge in [0.05, 0.1) is 6.61 Å². The van der Waals surface area contributed by atoms with Crippen LogP contribution in [0.15, 0.2) is 16.3 Å². The summed E-state index contributed by atoms with van der Waals surface area (Å²) in [5.41, 5.74) is -1.05. The Bertz CT molecular complexity index is 459. The molecule has 0 radical (unpaired) electrons. The first-order valence-corrected chi connectivity index (χ1v) is 6.71. The molecule has 1 saturated heterocycles. The van der Waals surface area contributed by atoms with E-state index in [0.717, 1.165) is 11.3 Å². The second kappa shape index (κ2) is 3.53. The number of aliphatic hydroxyl groups is 1. The lowest BCUT2D eigenvalue weighted by atomic mass is 10.0. The Kier molecular flexibility index (Phi) is 2.60. The maximum Gasteiger partial charge on any atom is 0.247 e. The molecular formula is C8H11NO4S2. The van der Waals surface area contributed by atoms with Crippen LogP contribution in [0.3, 0.4) is 0 Å². The van der Waals surface area contributed by atoms with Gasteiger partial charge in [0.2, 0.25) is 10.0 Å². The molecule has 1 aliphatic rings. The minimum atomic E-state index is -3.67. The third-order valence-corrected chi connectivity index (χ3v) is 5.04. The minimum Gasteiger partial charge on any atom is -0.382 e. The van der Waals surface area contributed by atoms with Crippen molar-refractivity contribution in [2.24, 2.45) is 5.14 Å². The number of thiophene rings is 1. The molecule has 0 bridgehead atoms. The number of primary sulfonamides is 1. The largest absolute Gasteiger partial charge is 0.382 e. The third kappa shape index (κ3) is 2.06. The molecule has 1 fully saturated rings. The molecular weight excluding hydrogens is 238 g/mol. The molecule has 15 heavy (non-hydrogen) atoms. The first-order chi connectivity index (χ1) is 6.92. The highest BCUT2D eigenvalue weighted by Gasteiger charge is 2.36. The van der Waals surface area contributed by atoms with Crippen molar-refractivity contribution in [3.8, 4) is 0 Å². The number of rotatable bonds is 2. The lowest BCUT2D eigenvalue weighted by molar-refractivity contribution is 0.0264. The molecule has 3 N–H and O–H groups in total. The predicted molar refractivity (Wildman–Crippen MR) is 55.0 cm³/mol. The van der Waals surface area contributed by atoms with Crippen LogP contribution < -0.4 is 5.14 Å². The molecule has 0 aromatic carbocycles. The van der Waals surface area contributed by atoms with Crippen LogP contribution in [-0.2, 0) is 20.4 Å². The van der Waals surface area contributed by atoms with Crippen molar-refractivity contribution in [2.75, 3.05) is 13.2 Å². The van der Waals surface area contributed by atoms with Crippen molar-refractivity contribution >= 4 is 21.4 Å². The zero-order chi connectivity index (χ0) is 11.1. The molecule has 0 saturated carbocycles. The highest BCUT2D eigenvalue weighted by Crippen LogP contribution is 2.35. The van der Waals surface area contributed by atoms with Crippen molar-refractivity contribution in [1.82, 2.24) is 0 Å². The van der Waals surface area contributed by atoms with Gasteiger partial charge < -0.3 is 9.84 Å². The summed E-state index contributed by atoms with van der Waals surface area (Å²) < 4.78 is 27.2. The maximum atomic E-state index is 11.0. The van der Waals surface area contributed by atoms with Gasteiger partial charge in [-0.2, -0.15) is 0 Å². The van der Waals surface area contributed by atoms with Crippen molar-refractivity contribution in [2.45, 2.75) is 16.2 Å². The second-order valence-corrected chi connectivity index (χ2v) is 6.37. The smallest absolute Gasteiger partial charge is 0.247 e. The minimum absolute atomic E-state index is 0.0674. The quantitative estimate of drug-likeness (QED) is 0.772. The molecule has 2 heterocycles. The van der Waals surface area contributed by atoms with Gasteiger partial charge in [-0.25, -0.2) is 13.6 Å². The first kappa shape index (κ1) is 11.0. The van der Waals surface area contributed by atoms with Gasteiger partial charge in [-0.05, 0) is 12.1 Å². The summed E-state index contributed by atoms with van der Waals surface area (Å²) in [7, 11) is -3.67. The Morgan fingerprint density at radius 3 is 2.73 bits per heavy atom. The van der Waals surface area contributed by atoms with Crippen LogP contribution in [0.4, 0.5) is 0 Å². The monoisotopic (exact) mass is 249 g/mol. The van der Waals surface area contributed by atoms with Crippen molar-refractivity contribution in [3.05, 3.63) is 17.0 Å². The Morgan fingerprint density at radius 2 is 2.27 bits per heavy atom. The van der Waals surface area contributed by atoms with Crippen LogP contribution in [0.1, 0.15) is 11.3 Å². The molecule has 0 aliphatic carbocycles. The number of sulfonamides is 1. The third-order valence-electron chi connectivity index (χ3n) is 2.32.